The first-order chi connectivity index (χ1) is 8.66. The molecular weight excluding hydrogens is 229 g/mol. The molecule has 1 heterocycles. The molecule has 0 radical (unpaired) electrons. The van der Waals surface area contributed by atoms with Crippen molar-refractivity contribution in [2.75, 3.05) is 19.6 Å². The fourth-order valence-corrected chi connectivity index (χ4v) is 2.59. The minimum atomic E-state index is -0.723. The Morgan fingerprint density at radius 2 is 2.11 bits per heavy atom. The van der Waals surface area contributed by atoms with E-state index in [2.05, 4.69) is 11.8 Å². The average Bonchev–Trinajstić information content (AvgIpc) is 2.55. The molecule has 2 unspecified atom stereocenters. The molecule has 3 heteroatoms. The number of aliphatic hydroxyl groups is 1. The molecule has 0 saturated carbocycles. The third-order valence-electron chi connectivity index (χ3n) is 3.80. The SMILES string of the molecule is CC1CCCN(CC(O)c2ccccc2F)CC1. The van der Waals surface area contributed by atoms with Crippen molar-refractivity contribution in [2.24, 2.45) is 5.92 Å². The molecular formula is C15H22FNO. The smallest absolute Gasteiger partial charge is 0.129 e. The van der Waals surface area contributed by atoms with E-state index in [9.17, 15) is 9.50 Å². The van der Waals surface area contributed by atoms with Gasteiger partial charge in [0.1, 0.15) is 5.82 Å². The monoisotopic (exact) mass is 251 g/mol. The Morgan fingerprint density at radius 3 is 2.89 bits per heavy atom. The van der Waals surface area contributed by atoms with Gasteiger partial charge in [0.2, 0.25) is 0 Å². The van der Waals surface area contributed by atoms with Crippen molar-refractivity contribution in [1.29, 1.82) is 0 Å². The molecule has 2 atom stereocenters. The molecule has 0 spiro atoms. The molecule has 1 aliphatic heterocycles. The van der Waals surface area contributed by atoms with Crippen LogP contribution in [0.4, 0.5) is 4.39 Å². The normalized spacial score (nSPS) is 23.6. The molecule has 1 aromatic rings. The lowest BCUT2D eigenvalue weighted by molar-refractivity contribution is 0.111. The third-order valence-corrected chi connectivity index (χ3v) is 3.80. The van der Waals surface area contributed by atoms with Crippen molar-refractivity contribution in [3.8, 4) is 0 Å². The second kappa shape index (κ2) is 6.30. The van der Waals surface area contributed by atoms with E-state index in [1.54, 1.807) is 18.2 Å². The molecule has 1 aromatic carbocycles. The van der Waals surface area contributed by atoms with Crippen LogP contribution in [0.15, 0.2) is 24.3 Å². The van der Waals surface area contributed by atoms with Gasteiger partial charge in [0, 0.05) is 12.1 Å². The number of nitrogens with zero attached hydrogens (tertiary/aromatic N) is 1. The van der Waals surface area contributed by atoms with Gasteiger partial charge in [-0.05, 0) is 44.3 Å². The topological polar surface area (TPSA) is 23.5 Å². The van der Waals surface area contributed by atoms with Crippen LogP contribution in [0.25, 0.3) is 0 Å². The molecule has 1 aliphatic rings. The fourth-order valence-electron chi connectivity index (χ4n) is 2.59. The average molecular weight is 251 g/mol. The number of β-amino-alcohol motifs (C(OH)–C–C–N with tert-alkyl or cyclic N) is 1. The number of likely N-dealkylation sites (tertiary alicyclic amines) is 1. The Hall–Kier alpha value is -0.930. The first-order valence-electron chi connectivity index (χ1n) is 6.81. The second-order valence-corrected chi connectivity index (χ2v) is 5.37. The molecule has 1 N–H and O–H groups in total. The van der Waals surface area contributed by atoms with Crippen LogP contribution in [0, 0.1) is 11.7 Å². The van der Waals surface area contributed by atoms with Gasteiger partial charge in [-0.15, -0.1) is 0 Å². The zero-order valence-corrected chi connectivity index (χ0v) is 11.0. The summed E-state index contributed by atoms with van der Waals surface area (Å²) < 4.78 is 13.6. The maximum atomic E-state index is 13.6. The van der Waals surface area contributed by atoms with Crippen LogP contribution in [0.3, 0.4) is 0 Å². The summed E-state index contributed by atoms with van der Waals surface area (Å²) in [4.78, 5) is 2.25. The first kappa shape index (κ1) is 13.5. The molecule has 2 nitrogen and oxygen atoms in total. The minimum Gasteiger partial charge on any atom is -0.387 e. The molecule has 0 aliphatic carbocycles. The van der Waals surface area contributed by atoms with Crippen LogP contribution in [-0.2, 0) is 0 Å². The maximum Gasteiger partial charge on any atom is 0.129 e. The van der Waals surface area contributed by atoms with E-state index in [0.717, 1.165) is 19.0 Å². The largest absolute Gasteiger partial charge is 0.387 e. The quantitative estimate of drug-likeness (QED) is 0.892. The number of hydrogen-bond donors (Lipinski definition) is 1. The summed E-state index contributed by atoms with van der Waals surface area (Å²) in [5.41, 5.74) is 0.412. The third kappa shape index (κ3) is 3.53. The fraction of sp³-hybridized carbons (Fsp3) is 0.600. The van der Waals surface area contributed by atoms with Crippen molar-refractivity contribution in [3.05, 3.63) is 35.6 Å². The number of halogens is 1. The van der Waals surface area contributed by atoms with Gasteiger partial charge in [0.25, 0.3) is 0 Å². The summed E-state index contributed by atoms with van der Waals surface area (Å²) >= 11 is 0. The van der Waals surface area contributed by atoms with Crippen LogP contribution >= 0.6 is 0 Å². The number of benzene rings is 1. The van der Waals surface area contributed by atoms with Gasteiger partial charge in [-0.3, -0.25) is 0 Å². The highest BCUT2D eigenvalue weighted by molar-refractivity contribution is 5.20. The lowest BCUT2D eigenvalue weighted by atomic mass is 10.0. The van der Waals surface area contributed by atoms with Gasteiger partial charge in [0.15, 0.2) is 0 Å². The van der Waals surface area contributed by atoms with E-state index in [1.807, 2.05) is 0 Å². The Kier molecular flexibility index (Phi) is 4.72. The standard InChI is InChI=1S/C15H22FNO/c1-12-5-4-9-17(10-8-12)11-15(18)13-6-2-3-7-14(13)16/h2-3,6-7,12,15,18H,4-5,8-11H2,1H3. The van der Waals surface area contributed by atoms with Crippen LogP contribution in [-0.4, -0.2) is 29.6 Å². The highest BCUT2D eigenvalue weighted by atomic mass is 19.1. The van der Waals surface area contributed by atoms with Gasteiger partial charge in [-0.1, -0.05) is 25.1 Å². The van der Waals surface area contributed by atoms with Crippen LogP contribution in [0.2, 0.25) is 0 Å². The minimum absolute atomic E-state index is 0.312. The zero-order chi connectivity index (χ0) is 13.0. The van der Waals surface area contributed by atoms with Crippen molar-refractivity contribution < 1.29 is 9.50 Å². The summed E-state index contributed by atoms with van der Waals surface area (Å²) in [6.45, 7) is 4.83. The second-order valence-electron chi connectivity index (χ2n) is 5.37. The summed E-state index contributed by atoms with van der Waals surface area (Å²) in [5, 5.41) is 10.1. The molecule has 0 amide bonds. The summed E-state index contributed by atoms with van der Waals surface area (Å²) in [6, 6.07) is 6.49. The van der Waals surface area contributed by atoms with Gasteiger partial charge in [-0.25, -0.2) is 4.39 Å². The number of hydrogen-bond acceptors (Lipinski definition) is 2. The lowest BCUT2D eigenvalue weighted by Gasteiger charge is -2.23. The summed E-state index contributed by atoms with van der Waals surface area (Å²) in [6.07, 6.45) is 2.88. The van der Waals surface area contributed by atoms with Gasteiger partial charge < -0.3 is 10.0 Å². The zero-order valence-electron chi connectivity index (χ0n) is 11.0. The van der Waals surface area contributed by atoms with E-state index >= 15 is 0 Å². The maximum absolute atomic E-state index is 13.6. The predicted molar refractivity (Wildman–Crippen MR) is 70.8 cm³/mol. The molecule has 2 rings (SSSR count). The van der Waals surface area contributed by atoms with E-state index in [0.29, 0.717) is 12.1 Å². The molecule has 1 fully saturated rings. The van der Waals surface area contributed by atoms with E-state index in [-0.39, 0.29) is 5.82 Å². The molecule has 0 bridgehead atoms. The van der Waals surface area contributed by atoms with Gasteiger partial charge >= 0.3 is 0 Å². The van der Waals surface area contributed by atoms with Crippen molar-refractivity contribution in [1.82, 2.24) is 4.90 Å². The van der Waals surface area contributed by atoms with E-state index in [1.165, 1.54) is 25.3 Å². The van der Waals surface area contributed by atoms with E-state index < -0.39 is 6.10 Å². The van der Waals surface area contributed by atoms with Crippen molar-refractivity contribution in [3.63, 3.8) is 0 Å². The Balaban J connectivity index is 1.94. The van der Waals surface area contributed by atoms with Crippen LogP contribution in [0.1, 0.15) is 37.9 Å². The first-order valence-corrected chi connectivity index (χ1v) is 6.81. The predicted octanol–water partition coefficient (Wildman–Crippen LogP) is 2.98. The Morgan fingerprint density at radius 1 is 1.33 bits per heavy atom. The molecule has 18 heavy (non-hydrogen) atoms. The lowest BCUT2D eigenvalue weighted by Crippen LogP contribution is -2.30. The summed E-state index contributed by atoms with van der Waals surface area (Å²) in [7, 11) is 0. The highest BCUT2D eigenvalue weighted by Gasteiger charge is 2.19. The van der Waals surface area contributed by atoms with Crippen LogP contribution in [0.5, 0.6) is 0 Å². The van der Waals surface area contributed by atoms with Crippen LogP contribution < -0.4 is 0 Å². The van der Waals surface area contributed by atoms with Gasteiger partial charge in [0.05, 0.1) is 6.10 Å². The Bertz CT molecular complexity index is 383. The van der Waals surface area contributed by atoms with Crippen molar-refractivity contribution >= 4 is 0 Å². The summed E-state index contributed by atoms with van der Waals surface area (Å²) in [5.74, 6) is 0.453. The highest BCUT2D eigenvalue weighted by Crippen LogP contribution is 2.21. The van der Waals surface area contributed by atoms with E-state index in [4.69, 9.17) is 0 Å². The molecule has 0 aromatic heterocycles. The molecule has 1 saturated heterocycles. The van der Waals surface area contributed by atoms with Gasteiger partial charge in [-0.2, -0.15) is 0 Å². The molecule has 100 valence electrons. The van der Waals surface area contributed by atoms with Crippen molar-refractivity contribution in [2.45, 2.75) is 32.3 Å². The number of aliphatic hydroxyl groups excluding tert-OH is 1. The number of rotatable bonds is 3. The Labute approximate surface area is 108 Å².